The molecule has 15 heteroatoms. The summed E-state index contributed by atoms with van der Waals surface area (Å²) in [5.74, 6) is -4.03. The maximum Gasteiger partial charge on any atom is 0.294 e. The number of nitrogens with zero attached hydrogens (tertiary/aromatic N) is 3. The van der Waals surface area contributed by atoms with Gasteiger partial charge in [0.2, 0.25) is 5.91 Å². The first-order valence-corrected chi connectivity index (χ1v) is 14.5. The number of amides is 2. The molecule has 3 saturated heterocycles. The van der Waals surface area contributed by atoms with Crippen molar-refractivity contribution < 1.29 is 32.8 Å². The molecule has 3 aliphatic rings. The minimum absolute atomic E-state index is 0.0535. The van der Waals surface area contributed by atoms with Crippen molar-refractivity contribution >= 4 is 39.1 Å². The lowest BCUT2D eigenvalue weighted by Gasteiger charge is -2.38. The number of carbonyl (C=O) groups is 2. The van der Waals surface area contributed by atoms with Crippen LogP contribution in [-0.4, -0.2) is 116 Å². The van der Waals surface area contributed by atoms with Gasteiger partial charge in [0.1, 0.15) is 5.69 Å². The van der Waals surface area contributed by atoms with Crippen molar-refractivity contribution in [2.24, 2.45) is 0 Å². The van der Waals surface area contributed by atoms with Gasteiger partial charge >= 0.3 is 0 Å². The lowest BCUT2D eigenvalue weighted by molar-refractivity contribution is -0.384. The molecule has 4 rings (SSSR count). The number of halogens is 3. The molecule has 0 saturated carbocycles. The van der Waals surface area contributed by atoms with Crippen LogP contribution in [0, 0.1) is 10.1 Å². The molecule has 41 heavy (non-hydrogen) atoms. The average Bonchev–Trinajstić information content (AvgIpc) is 3.37. The number of benzene rings is 1. The Balaban J connectivity index is 1.44. The molecule has 3 N–H and O–H groups in total. The number of ether oxygens (including phenoxy) is 2. The number of carbonyl (C=O) groups excluding carboxylic acids is 2. The summed E-state index contributed by atoms with van der Waals surface area (Å²) >= 11 is 3.28. The van der Waals surface area contributed by atoms with Crippen molar-refractivity contribution in [3.8, 4) is 0 Å². The molecule has 1 aromatic carbocycles. The van der Waals surface area contributed by atoms with Crippen LogP contribution in [0.4, 0.5) is 20.2 Å². The summed E-state index contributed by atoms with van der Waals surface area (Å²) in [6.45, 7) is 5.32. The van der Waals surface area contributed by atoms with Crippen LogP contribution in [0.15, 0.2) is 16.6 Å². The van der Waals surface area contributed by atoms with E-state index in [0.29, 0.717) is 37.3 Å². The van der Waals surface area contributed by atoms with E-state index in [2.05, 4.69) is 31.9 Å². The van der Waals surface area contributed by atoms with Crippen LogP contribution in [0.3, 0.4) is 0 Å². The van der Waals surface area contributed by atoms with E-state index in [1.54, 1.807) is 9.80 Å². The lowest BCUT2D eigenvalue weighted by atomic mass is 10.00. The van der Waals surface area contributed by atoms with E-state index in [0.717, 1.165) is 0 Å². The number of nitro benzene ring substituents is 1. The Labute approximate surface area is 245 Å². The first-order valence-electron chi connectivity index (χ1n) is 13.7. The Morgan fingerprint density at radius 1 is 1.29 bits per heavy atom. The van der Waals surface area contributed by atoms with Crippen molar-refractivity contribution in [3.05, 3.63) is 32.3 Å². The third-order valence-corrected chi connectivity index (χ3v) is 8.08. The van der Waals surface area contributed by atoms with Gasteiger partial charge in [-0.05, 0) is 32.8 Å². The fourth-order valence-corrected chi connectivity index (χ4v) is 6.14. The van der Waals surface area contributed by atoms with Crippen LogP contribution < -0.4 is 16.0 Å². The molecular formula is C26H37BrF2N6O6. The zero-order valence-corrected chi connectivity index (χ0v) is 24.9. The SMILES string of the molecule is COCCN1CCC(NC(=O)[C@@H]2C[C@@H](Nc3c(C(=O)N4C[C@@H](C)O[C@@H](C)C4)cc(Br)cc3[N+](=O)[O-])CN2)C(F)(F)C1. The molecule has 1 unspecified atom stereocenters. The van der Waals surface area contributed by atoms with Gasteiger partial charge in [-0.2, -0.15) is 0 Å². The molecule has 3 aliphatic heterocycles. The second kappa shape index (κ2) is 13.2. The van der Waals surface area contributed by atoms with Crippen LogP contribution in [0.2, 0.25) is 0 Å². The first-order chi connectivity index (χ1) is 19.4. The molecule has 1 aromatic rings. The van der Waals surface area contributed by atoms with E-state index in [4.69, 9.17) is 9.47 Å². The molecule has 3 fully saturated rings. The standard InChI is InChI=1S/C26H37BrF2N6O6/c1-15-12-34(13-16(2)41-15)25(37)19-8-17(27)9-21(35(38)39)23(19)31-18-10-20(30-11-18)24(36)32-22-4-5-33(6-7-40-3)14-26(22,28)29/h8-9,15-16,18,20,22,30-31H,4-7,10-14H2,1-3H3,(H,32,36)/t15-,16+,18-,20+,22?/m1/s1. The molecule has 0 radical (unpaired) electrons. The van der Waals surface area contributed by atoms with Gasteiger partial charge in [0.05, 0.1) is 47.9 Å². The number of nitro groups is 1. The quantitative estimate of drug-likeness (QED) is 0.272. The van der Waals surface area contributed by atoms with E-state index >= 15 is 0 Å². The highest BCUT2D eigenvalue weighted by Crippen LogP contribution is 2.35. The molecule has 0 spiro atoms. The minimum Gasteiger partial charge on any atom is -0.383 e. The van der Waals surface area contributed by atoms with E-state index < -0.39 is 41.4 Å². The van der Waals surface area contributed by atoms with Gasteiger partial charge in [-0.25, -0.2) is 8.78 Å². The molecule has 5 atom stereocenters. The first kappa shape index (κ1) is 31.5. The number of morpholine rings is 1. The molecule has 3 heterocycles. The Bertz CT molecular complexity index is 1140. The summed E-state index contributed by atoms with van der Waals surface area (Å²) in [5.41, 5.74) is -0.108. The zero-order valence-electron chi connectivity index (χ0n) is 23.3. The van der Waals surface area contributed by atoms with Crippen LogP contribution in [0.1, 0.15) is 37.0 Å². The number of piperidine rings is 1. The summed E-state index contributed by atoms with van der Waals surface area (Å²) < 4.78 is 40.7. The highest BCUT2D eigenvalue weighted by atomic mass is 79.9. The van der Waals surface area contributed by atoms with Crippen molar-refractivity contribution in [2.45, 2.75) is 62.9 Å². The number of alkyl halides is 2. The van der Waals surface area contributed by atoms with Gasteiger partial charge < -0.3 is 30.3 Å². The largest absolute Gasteiger partial charge is 0.383 e. The van der Waals surface area contributed by atoms with Crippen molar-refractivity contribution in [3.63, 3.8) is 0 Å². The van der Waals surface area contributed by atoms with Gasteiger partial charge in [0.15, 0.2) is 0 Å². The number of nitrogens with one attached hydrogen (secondary N) is 3. The van der Waals surface area contributed by atoms with E-state index in [1.165, 1.54) is 19.2 Å². The number of hydrogen-bond donors (Lipinski definition) is 3. The summed E-state index contributed by atoms with van der Waals surface area (Å²) in [5, 5.41) is 20.6. The second-order valence-electron chi connectivity index (χ2n) is 11.0. The number of rotatable bonds is 9. The average molecular weight is 648 g/mol. The van der Waals surface area contributed by atoms with E-state index in [9.17, 15) is 28.5 Å². The number of hydrogen-bond acceptors (Lipinski definition) is 9. The smallest absolute Gasteiger partial charge is 0.294 e. The van der Waals surface area contributed by atoms with Crippen LogP contribution in [0.5, 0.6) is 0 Å². The van der Waals surface area contributed by atoms with Crippen LogP contribution >= 0.6 is 15.9 Å². The van der Waals surface area contributed by atoms with Gasteiger partial charge in [-0.3, -0.25) is 24.6 Å². The lowest BCUT2D eigenvalue weighted by Crippen LogP contribution is -2.60. The van der Waals surface area contributed by atoms with Crippen molar-refractivity contribution in [1.29, 1.82) is 0 Å². The molecule has 0 bridgehead atoms. The third-order valence-electron chi connectivity index (χ3n) is 7.62. The van der Waals surface area contributed by atoms with Gasteiger partial charge in [0.25, 0.3) is 17.5 Å². The fraction of sp³-hybridized carbons (Fsp3) is 0.692. The van der Waals surface area contributed by atoms with Gasteiger partial charge in [0, 0.05) is 56.4 Å². The van der Waals surface area contributed by atoms with Gasteiger partial charge in [-0.15, -0.1) is 0 Å². The molecule has 2 amide bonds. The Kier molecular flexibility index (Phi) is 10.2. The summed E-state index contributed by atoms with van der Waals surface area (Å²) in [7, 11) is 1.51. The zero-order chi connectivity index (χ0) is 29.9. The summed E-state index contributed by atoms with van der Waals surface area (Å²) in [4.78, 5) is 41.2. The monoisotopic (exact) mass is 646 g/mol. The Morgan fingerprint density at radius 3 is 2.63 bits per heavy atom. The minimum atomic E-state index is -3.10. The van der Waals surface area contributed by atoms with Crippen LogP contribution in [0.25, 0.3) is 0 Å². The Hall–Kier alpha value is -2.46. The third kappa shape index (κ3) is 7.69. The van der Waals surface area contributed by atoms with Gasteiger partial charge in [-0.1, -0.05) is 15.9 Å². The number of methoxy groups -OCH3 is 1. The highest BCUT2D eigenvalue weighted by molar-refractivity contribution is 9.10. The normalized spacial score (nSPS) is 28.3. The van der Waals surface area contributed by atoms with Crippen LogP contribution in [-0.2, 0) is 14.3 Å². The maximum absolute atomic E-state index is 14.8. The topological polar surface area (TPSA) is 138 Å². The fourth-order valence-electron chi connectivity index (χ4n) is 5.69. The maximum atomic E-state index is 14.8. The van der Waals surface area contributed by atoms with E-state index in [1.807, 2.05) is 13.8 Å². The molecule has 228 valence electrons. The van der Waals surface area contributed by atoms with E-state index in [-0.39, 0.29) is 54.4 Å². The molecule has 0 aliphatic carbocycles. The molecule has 0 aromatic heterocycles. The summed E-state index contributed by atoms with van der Waals surface area (Å²) in [6, 6.07) is 0.325. The summed E-state index contributed by atoms with van der Waals surface area (Å²) in [6.07, 6.45) is -0.0861. The van der Waals surface area contributed by atoms with Crippen molar-refractivity contribution in [2.75, 3.05) is 58.3 Å². The predicted octanol–water partition coefficient (Wildman–Crippen LogP) is 2.22. The predicted molar refractivity (Wildman–Crippen MR) is 150 cm³/mol. The highest BCUT2D eigenvalue weighted by Gasteiger charge is 2.46. The number of anilines is 1. The number of likely N-dealkylation sites (tertiary alicyclic amines) is 1. The molecule has 12 nitrogen and oxygen atoms in total. The Morgan fingerprint density at radius 2 is 2.00 bits per heavy atom. The second-order valence-corrected chi connectivity index (χ2v) is 11.9. The van der Waals surface area contributed by atoms with Crippen molar-refractivity contribution in [1.82, 2.24) is 20.4 Å². The molecular weight excluding hydrogens is 610 g/mol.